The molecule has 2 aromatic rings. The molecule has 1 aromatic carbocycles. The average molecular weight is 396 g/mol. The standard InChI is InChI=1S/C22H28N4O3/c1-16(27)26-11-9-20-17(15-26)14-23-22(24-20)21-4-3-10-25(21)12-13-29-19-7-5-18(28-2)6-8-19/h5-8,14,21H,3-4,9-13,15H2,1-2H3/t21-/m1/s1. The molecule has 2 aliphatic heterocycles. The first-order chi connectivity index (χ1) is 14.1. The Morgan fingerprint density at radius 1 is 1.21 bits per heavy atom. The zero-order valence-corrected chi connectivity index (χ0v) is 17.1. The van der Waals surface area contributed by atoms with Gasteiger partial charge in [0.1, 0.15) is 23.9 Å². The maximum absolute atomic E-state index is 11.6. The van der Waals surface area contributed by atoms with Gasteiger partial charge in [0.2, 0.25) is 5.91 Å². The second-order valence-electron chi connectivity index (χ2n) is 7.61. The molecule has 4 rings (SSSR count). The Morgan fingerprint density at radius 3 is 2.76 bits per heavy atom. The quantitative estimate of drug-likeness (QED) is 0.748. The van der Waals surface area contributed by atoms with Crippen molar-refractivity contribution in [3.8, 4) is 11.5 Å². The lowest BCUT2D eigenvalue weighted by molar-refractivity contribution is -0.129. The fourth-order valence-electron chi connectivity index (χ4n) is 4.10. The molecule has 1 amide bonds. The van der Waals surface area contributed by atoms with E-state index in [1.54, 1.807) is 14.0 Å². The van der Waals surface area contributed by atoms with Crippen LogP contribution in [0.2, 0.25) is 0 Å². The molecule has 0 saturated carbocycles. The second kappa shape index (κ2) is 8.78. The predicted molar refractivity (Wildman–Crippen MR) is 109 cm³/mol. The summed E-state index contributed by atoms with van der Waals surface area (Å²) in [6.07, 6.45) is 4.93. The lowest BCUT2D eigenvalue weighted by Gasteiger charge is -2.28. The zero-order chi connectivity index (χ0) is 20.2. The number of fused-ring (bicyclic) bond motifs is 1. The number of carbonyl (C=O) groups is 1. The SMILES string of the molecule is COc1ccc(OCCN2CCC[C@@H]2c2ncc3c(n2)CCN(C(C)=O)C3)cc1. The third-order valence-electron chi connectivity index (χ3n) is 5.77. The fraction of sp³-hybridized carbons (Fsp3) is 0.500. The summed E-state index contributed by atoms with van der Waals surface area (Å²) in [6.45, 7) is 5.48. The lowest BCUT2D eigenvalue weighted by Crippen LogP contribution is -2.35. The van der Waals surface area contributed by atoms with E-state index in [0.717, 1.165) is 67.5 Å². The third-order valence-corrected chi connectivity index (χ3v) is 5.77. The molecule has 1 aromatic heterocycles. The third kappa shape index (κ3) is 4.50. The molecule has 0 radical (unpaired) electrons. The van der Waals surface area contributed by atoms with Crippen molar-refractivity contribution in [2.24, 2.45) is 0 Å². The molecule has 0 spiro atoms. The molecular weight excluding hydrogens is 368 g/mol. The smallest absolute Gasteiger partial charge is 0.219 e. The number of methoxy groups -OCH3 is 1. The van der Waals surface area contributed by atoms with Gasteiger partial charge in [-0.1, -0.05) is 0 Å². The normalized spacial score (nSPS) is 19.1. The summed E-state index contributed by atoms with van der Waals surface area (Å²) in [6, 6.07) is 7.91. The second-order valence-corrected chi connectivity index (χ2v) is 7.61. The number of amides is 1. The van der Waals surface area contributed by atoms with Crippen molar-refractivity contribution in [1.82, 2.24) is 19.8 Å². The Morgan fingerprint density at radius 2 is 2.00 bits per heavy atom. The van der Waals surface area contributed by atoms with E-state index in [1.807, 2.05) is 35.4 Å². The molecular formula is C22H28N4O3. The highest BCUT2D eigenvalue weighted by Gasteiger charge is 2.29. The van der Waals surface area contributed by atoms with Crippen LogP contribution in [0.1, 0.15) is 42.9 Å². The number of nitrogens with zero attached hydrogens (tertiary/aromatic N) is 4. The summed E-state index contributed by atoms with van der Waals surface area (Å²) in [4.78, 5) is 25.4. The Bertz CT molecular complexity index is 856. The highest BCUT2D eigenvalue weighted by molar-refractivity contribution is 5.73. The van der Waals surface area contributed by atoms with Gasteiger partial charge in [-0.3, -0.25) is 9.69 Å². The van der Waals surface area contributed by atoms with Gasteiger partial charge in [0.25, 0.3) is 0 Å². The molecule has 1 atom stereocenters. The topological polar surface area (TPSA) is 67.8 Å². The first kappa shape index (κ1) is 19.6. The van der Waals surface area contributed by atoms with E-state index in [-0.39, 0.29) is 11.9 Å². The summed E-state index contributed by atoms with van der Waals surface area (Å²) in [5.74, 6) is 2.69. The maximum Gasteiger partial charge on any atom is 0.219 e. The van der Waals surface area contributed by atoms with Gasteiger partial charge in [-0.2, -0.15) is 0 Å². The molecule has 3 heterocycles. The highest BCUT2D eigenvalue weighted by Crippen LogP contribution is 2.30. The number of aromatic nitrogens is 2. The molecule has 7 nitrogen and oxygen atoms in total. The Hall–Kier alpha value is -2.67. The largest absolute Gasteiger partial charge is 0.497 e. The van der Waals surface area contributed by atoms with Gasteiger partial charge < -0.3 is 14.4 Å². The molecule has 29 heavy (non-hydrogen) atoms. The van der Waals surface area contributed by atoms with Crippen LogP contribution in [0.5, 0.6) is 11.5 Å². The Kier molecular flexibility index (Phi) is 5.94. The van der Waals surface area contributed by atoms with Crippen molar-refractivity contribution >= 4 is 5.91 Å². The van der Waals surface area contributed by atoms with Crippen LogP contribution in [0.25, 0.3) is 0 Å². The summed E-state index contributed by atoms with van der Waals surface area (Å²) >= 11 is 0. The van der Waals surface area contributed by atoms with Gasteiger partial charge in [-0.05, 0) is 43.7 Å². The lowest BCUT2D eigenvalue weighted by atomic mass is 10.1. The number of benzene rings is 1. The molecule has 0 unspecified atom stereocenters. The van der Waals surface area contributed by atoms with Crippen LogP contribution in [0, 0.1) is 0 Å². The van der Waals surface area contributed by atoms with Crippen LogP contribution in [-0.4, -0.2) is 59.0 Å². The Labute approximate surface area is 171 Å². The van der Waals surface area contributed by atoms with Crippen LogP contribution in [0.4, 0.5) is 0 Å². The van der Waals surface area contributed by atoms with Crippen molar-refractivity contribution in [2.45, 2.75) is 38.8 Å². The molecule has 1 fully saturated rings. The van der Waals surface area contributed by atoms with Crippen LogP contribution >= 0.6 is 0 Å². The number of hydrogen-bond acceptors (Lipinski definition) is 6. The summed E-state index contributed by atoms with van der Waals surface area (Å²) in [5, 5.41) is 0. The number of ether oxygens (including phenoxy) is 2. The van der Waals surface area contributed by atoms with Crippen molar-refractivity contribution in [3.63, 3.8) is 0 Å². The number of hydrogen-bond donors (Lipinski definition) is 0. The van der Waals surface area contributed by atoms with E-state index in [0.29, 0.717) is 13.2 Å². The number of carbonyl (C=O) groups excluding carboxylic acids is 1. The van der Waals surface area contributed by atoms with Crippen LogP contribution in [0.15, 0.2) is 30.5 Å². The highest BCUT2D eigenvalue weighted by atomic mass is 16.5. The predicted octanol–water partition coefficient (Wildman–Crippen LogP) is 2.61. The van der Waals surface area contributed by atoms with Crippen molar-refractivity contribution in [3.05, 3.63) is 47.5 Å². The van der Waals surface area contributed by atoms with Crippen molar-refractivity contribution < 1.29 is 14.3 Å². The van der Waals surface area contributed by atoms with E-state index in [9.17, 15) is 4.79 Å². The van der Waals surface area contributed by atoms with Gasteiger partial charge in [0.15, 0.2) is 0 Å². The fourth-order valence-corrected chi connectivity index (χ4v) is 4.10. The minimum atomic E-state index is 0.110. The van der Waals surface area contributed by atoms with Gasteiger partial charge in [0.05, 0.1) is 18.8 Å². The molecule has 1 saturated heterocycles. The summed E-state index contributed by atoms with van der Waals surface area (Å²) in [5.41, 5.74) is 2.16. The molecule has 154 valence electrons. The zero-order valence-electron chi connectivity index (χ0n) is 17.1. The van der Waals surface area contributed by atoms with E-state index in [4.69, 9.17) is 14.5 Å². The first-order valence-corrected chi connectivity index (χ1v) is 10.2. The van der Waals surface area contributed by atoms with Gasteiger partial charge >= 0.3 is 0 Å². The first-order valence-electron chi connectivity index (χ1n) is 10.2. The maximum atomic E-state index is 11.6. The van der Waals surface area contributed by atoms with Crippen LogP contribution in [0.3, 0.4) is 0 Å². The molecule has 0 bridgehead atoms. The van der Waals surface area contributed by atoms with Crippen molar-refractivity contribution in [2.75, 3.05) is 33.4 Å². The van der Waals surface area contributed by atoms with Gasteiger partial charge in [0, 0.05) is 44.7 Å². The van der Waals surface area contributed by atoms with E-state index >= 15 is 0 Å². The molecule has 7 heteroatoms. The number of likely N-dealkylation sites (tertiary alicyclic amines) is 1. The van der Waals surface area contributed by atoms with E-state index in [2.05, 4.69) is 9.88 Å². The van der Waals surface area contributed by atoms with Crippen LogP contribution in [-0.2, 0) is 17.8 Å². The van der Waals surface area contributed by atoms with Crippen LogP contribution < -0.4 is 9.47 Å². The van der Waals surface area contributed by atoms with Gasteiger partial charge in [-0.15, -0.1) is 0 Å². The molecule has 2 aliphatic rings. The van der Waals surface area contributed by atoms with E-state index in [1.165, 1.54) is 0 Å². The monoisotopic (exact) mass is 396 g/mol. The summed E-state index contributed by atoms with van der Waals surface area (Å²) in [7, 11) is 1.66. The minimum absolute atomic E-state index is 0.110. The molecule has 0 N–H and O–H groups in total. The van der Waals surface area contributed by atoms with Gasteiger partial charge in [-0.25, -0.2) is 9.97 Å². The number of rotatable bonds is 6. The average Bonchev–Trinajstić information content (AvgIpc) is 3.22. The molecule has 0 aliphatic carbocycles. The Balaban J connectivity index is 1.36. The summed E-state index contributed by atoms with van der Waals surface area (Å²) < 4.78 is 11.1. The van der Waals surface area contributed by atoms with E-state index < -0.39 is 0 Å². The van der Waals surface area contributed by atoms with Crippen molar-refractivity contribution in [1.29, 1.82) is 0 Å². The minimum Gasteiger partial charge on any atom is -0.497 e.